The molecule has 0 spiro atoms. The second kappa shape index (κ2) is 8.86. The molecule has 140 valence electrons. The quantitative estimate of drug-likeness (QED) is 0.635. The van der Waals surface area contributed by atoms with Crippen LogP contribution < -0.4 is 15.4 Å². The summed E-state index contributed by atoms with van der Waals surface area (Å²) in [6, 6.07) is 7.13. The Morgan fingerprint density at radius 2 is 2.22 bits per heavy atom. The molecule has 0 aliphatic rings. The lowest BCUT2D eigenvalue weighted by molar-refractivity contribution is -0.120. The van der Waals surface area contributed by atoms with Gasteiger partial charge in [0, 0.05) is 31.0 Å². The van der Waals surface area contributed by atoms with Gasteiger partial charge in [-0.15, -0.1) is 5.10 Å². The number of nitrogens with zero attached hydrogens (tertiary/aromatic N) is 6. The van der Waals surface area contributed by atoms with Gasteiger partial charge in [-0.3, -0.25) is 19.4 Å². The van der Waals surface area contributed by atoms with Crippen molar-refractivity contribution in [2.75, 3.05) is 24.6 Å². The highest BCUT2D eigenvalue weighted by atomic mass is 16.5. The predicted octanol–water partition coefficient (Wildman–Crippen LogP) is 1.13. The van der Waals surface area contributed by atoms with E-state index in [0.29, 0.717) is 36.9 Å². The van der Waals surface area contributed by atoms with Crippen LogP contribution in [0.25, 0.3) is 11.3 Å². The van der Waals surface area contributed by atoms with Crippen molar-refractivity contribution >= 4 is 11.7 Å². The zero-order valence-corrected chi connectivity index (χ0v) is 15.0. The predicted molar refractivity (Wildman–Crippen MR) is 100 cm³/mol. The lowest BCUT2D eigenvalue weighted by Crippen LogP contribution is -2.35. The minimum Gasteiger partial charge on any atom is -0.482 e. The highest BCUT2D eigenvalue weighted by Crippen LogP contribution is 2.21. The first-order chi connectivity index (χ1) is 13.2. The number of pyridine rings is 2. The molecule has 0 aromatic carbocycles. The Hall–Kier alpha value is -3.33. The molecule has 0 bridgehead atoms. The fraction of sp³-hybridized carbons (Fsp3) is 0.278. The van der Waals surface area contributed by atoms with Gasteiger partial charge in [-0.05, 0) is 31.2 Å². The molecule has 0 aliphatic heterocycles. The summed E-state index contributed by atoms with van der Waals surface area (Å²) in [6.07, 6.45) is 6.67. The monoisotopic (exact) mass is 367 g/mol. The first-order valence-corrected chi connectivity index (χ1v) is 8.61. The van der Waals surface area contributed by atoms with E-state index in [1.807, 2.05) is 25.3 Å². The van der Waals surface area contributed by atoms with Gasteiger partial charge in [0.15, 0.2) is 6.61 Å². The number of rotatable bonds is 8. The average Bonchev–Trinajstić information content (AvgIpc) is 3.17. The zero-order valence-electron chi connectivity index (χ0n) is 15.0. The third kappa shape index (κ3) is 4.64. The number of nitrogens with two attached hydrogens (primary N) is 1. The van der Waals surface area contributed by atoms with E-state index in [1.165, 1.54) is 0 Å². The molecule has 0 radical (unpaired) electrons. The standard InChI is InChI=1S/C18H21N7O2/c1-2-25(18(26)13-27-15-4-3-7-20-11-15)17-10-14(5-8-21-17)16-12-24(9-6-19)23-22-16/h3-5,7-8,10-12H,2,6,9,13,19H2,1H3. The third-order valence-electron chi connectivity index (χ3n) is 3.83. The maximum Gasteiger partial charge on any atom is 0.266 e. The van der Waals surface area contributed by atoms with Crippen LogP contribution in [0.2, 0.25) is 0 Å². The van der Waals surface area contributed by atoms with Crippen molar-refractivity contribution in [3.63, 3.8) is 0 Å². The molecule has 0 unspecified atom stereocenters. The van der Waals surface area contributed by atoms with Gasteiger partial charge in [-0.2, -0.15) is 0 Å². The Labute approximate surface area is 156 Å². The number of carbonyl (C=O) groups is 1. The van der Waals surface area contributed by atoms with Crippen molar-refractivity contribution < 1.29 is 9.53 Å². The Balaban J connectivity index is 1.73. The molecule has 0 saturated carbocycles. The topological polar surface area (TPSA) is 112 Å². The highest BCUT2D eigenvalue weighted by molar-refractivity contribution is 5.94. The fourth-order valence-corrected chi connectivity index (χ4v) is 2.52. The van der Waals surface area contributed by atoms with Crippen LogP contribution in [-0.2, 0) is 11.3 Å². The van der Waals surface area contributed by atoms with Crippen LogP contribution in [0.4, 0.5) is 5.82 Å². The Morgan fingerprint density at radius 3 is 2.96 bits per heavy atom. The molecule has 9 heteroatoms. The van der Waals surface area contributed by atoms with Crippen molar-refractivity contribution in [3.05, 3.63) is 49.1 Å². The van der Waals surface area contributed by atoms with E-state index in [0.717, 1.165) is 5.56 Å². The Kier molecular flexibility index (Phi) is 6.06. The van der Waals surface area contributed by atoms with E-state index in [2.05, 4.69) is 20.3 Å². The molecule has 27 heavy (non-hydrogen) atoms. The molecule has 0 saturated heterocycles. The first kappa shape index (κ1) is 18.5. The molecule has 3 heterocycles. The van der Waals surface area contributed by atoms with Crippen LogP contribution in [0, 0.1) is 0 Å². The van der Waals surface area contributed by atoms with Crippen LogP contribution in [0.3, 0.4) is 0 Å². The van der Waals surface area contributed by atoms with E-state index >= 15 is 0 Å². The number of hydrogen-bond acceptors (Lipinski definition) is 7. The van der Waals surface area contributed by atoms with E-state index < -0.39 is 0 Å². The highest BCUT2D eigenvalue weighted by Gasteiger charge is 2.17. The van der Waals surface area contributed by atoms with E-state index in [1.54, 1.807) is 40.3 Å². The van der Waals surface area contributed by atoms with Crippen molar-refractivity contribution in [2.45, 2.75) is 13.5 Å². The van der Waals surface area contributed by atoms with Gasteiger partial charge in [0.05, 0.1) is 18.9 Å². The van der Waals surface area contributed by atoms with E-state index in [-0.39, 0.29) is 12.5 Å². The van der Waals surface area contributed by atoms with Crippen molar-refractivity contribution in [1.29, 1.82) is 0 Å². The van der Waals surface area contributed by atoms with Crippen molar-refractivity contribution in [3.8, 4) is 17.0 Å². The summed E-state index contributed by atoms with van der Waals surface area (Å²) < 4.78 is 7.18. The molecule has 2 N–H and O–H groups in total. The molecular weight excluding hydrogens is 346 g/mol. The second-order valence-electron chi connectivity index (χ2n) is 5.67. The van der Waals surface area contributed by atoms with Crippen LogP contribution in [0.5, 0.6) is 5.75 Å². The molecule has 3 rings (SSSR count). The largest absolute Gasteiger partial charge is 0.482 e. The Bertz CT molecular complexity index is 882. The minimum atomic E-state index is -0.196. The maximum atomic E-state index is 12.6. The molecule has 9 nitrogen and oxygen atoms in total. The normalized spacial score (nSPS) is 10.6. The van der Waals surface area contributed by atoms with Crippen molar-refractivity contribution in [2.24, 2.45) is 5.73 Å². The number of likely N-dealkylation sites (N-methyl/N-ethyl adjacent to an activating group) is 1. The summed E-state index contributed by atoms with van der Waals surface area (Å²) in [5.41, 5.74) is 7.05. The second-order valence-corrected chi connectivity index (χ2v) is 5.67. The van der Waals surface area contributed by atoms with Crippen LogP contribution in [0.1, 0.15) is 6.92 Å². The molecule has 0 fully saturated rings. The number of aromatic nitrogens is 5. The number of amides is 1. The summed E-state index contributed by atoms with van der Waals surface area (Å²) >= 11 is 0. The summed E-state index contributed by atoms with van der Waals surface area (Å²) in [6.45, 7) is 3.33. The number of ether oxygens (including phenoxy) is 1. The minimum absolute atomic E-state index is 0.0991. The molecule has 0 aliphatic carbocycles. The van der Waals surface area contributed by atoms with E-state index in [4.69, 9.17) is 10.5 Å². The lowest BCUT2D eigenvalue weighted by Gasteiger charge is -2.20. The number of anilines is 1. The molecular formula is C18H21N7O2. The number of carbonyl (C=O) groups excluding carboxylic acids is 1. The third-order valence-corrected chi connectivity index (χ3v) is 3.83. The fourth-order valence-electron chi connectivity index (χ4n) is 2.52. The van der Waals surface area contributed by atoms with Gasteiger partial charge in [0.2, 0.25) is 0 Å². The maximum absolute atomic E-state index is 12.6. The van der Waals surface area contributed by atoms with Crippen LogP contribution in [0.15, 0.2) is 49.1 Å². The van der Waals surface area contributed by atoms with Gasteiger partial charge in [-0.1, -0.05) is 5.21 Å². The summed E-state index contributed by atoms with van der Waals surface area (Å²) in [4.78, 5) is 22.4. The van der Waals surface area contributed by atoms with Crippen molar-refractivity contribution in [1.82, 2.24) is 25.0 Å². The number of hydrogen-bond donors (Lipinski definition) is 1. The average molecular weight is 367 g/mol. The van der Waals surface area contributed by atoms with Gasteiger partial charge >= 0.3 is 0 Å². The Morgan fingerprint density at radius 1 is 1.33 bits per heavy atom. The van der Waals surface area contributed by atoms with Gasteiger partial charge in [-0.25, -0.2) is 4.98 Å². The molecule has 3 aromatic rings. The lowest BCUT2D eigenvalue weighted by atomic mass is 10.2. The summed E-state index contributed by atoms with van der Waals surface area (Å²) in [5.74, 6) is 0.876. The zero-order chi connectivity index (χ0) is 19.1. The van der Waals surface area contributed by atoms with Gasteiger partial charge in [0.1, 0.15) is 17.3 Å². The van der Waals surface area contributed by atoms with Crippen LogP contribution >= 0.6 is 0 Å². The molecule has 3 aromatic heterocycles. The van der Waals surface area contributed by atoms with E-state index in [9.17, 15) is 4.79 Å². The SMILES string of the molecule is CCN(C(=O)COc1cccnc1)c1cc(-c2cn(CCN)nn2)ccn1. The van der Waals surface area contributed by atoms with Crippen LogP contribution in [-0.4, -0.2) is 50.6 Å². The summed E-state index contributed by atoms with van der Waals surface area (Å²) in [7, 11) is 0. The molecule has 0 atom stereocenters. The summed E-state index contributed by atoms with van der Waals surface area (Å²) in [5, 5.41) is 8.18. The first-order valence-electron chi connectivity index (χ1n) is 8.61. The van der Waals surface area contributed by atoms with Gasteiger partial charge < -0.3 is 10.5 Å². The molecule has 1 amide bonds. The smallest absolute Gasteiger partial charge is 0.266 e. The van der Waals surface area contributed by atoms with Gasteiger partial charge in [0.25, 0.3) is 5.91 Å².